The number of carbonyl (C=O) groups is 3. The maximum Gasteiger partial charge on any atom is 0.326 e. The molecule has 3 amide bonds. The number of hydrogen-bond acceptors (Lipinski definition) is 5. The molecule has 2 atom stereocenters. The molecule has 1 heterocycles. The number of benzene rings is 1. The first-order valence-corrected chi connectivity index (χ1v) is 8.75. The molecular weight excluding hydrogens is 334 g/mol. The molecule has 1 aliphatic heterocycles. The number of urea groups is 1. The normalized spacial score (nSPS) is 25.1. The molecule has 136 valence electrons. The summed E-state index contributed by atoms with van der Waals surface area (Å²) in [4.78, 5) is 38.1. The predicted octanol–water partition coefficient (Wildman–Crippen LogP) is 2.10. The van der Waals surface area contributed by atoms with Crippen LogP contribution in [-0.2, 0) is 20.9 Å². The molecule has 7 nitrogen and oxygen atoms in total. The van der Waals surface area contributed by atoms with Crippen LogP contribution in [0.2, 0.25) is 0 Å². The van der Waals surface area contributed by atoms with Crippen LogP contribution in [0.15, 0.2) is 24.3 Å². The number of rotatable bonds is 4. The molecule has 1 aliphatic carbocycles. The van der Waals surface area contributed by atoms with Crippen LogP contribution < -0.4 is 5.32 Å². The number of ether oxygens (including phenoxy) is 1. The first-order chi connectivity index (χ1) is 12.5. The van der Waals surface area contributed by atoms with Crippen molar-refractivity contribution in [3.05, 3.63) is 35.4 Å². The van der Waals surface area contributed by atoms with E-state index >= 15 is 0 Å². The lowest BCUT2D eigenvalue weighted by molar-refractivity contribution is -0.149. The monoisotopic (exact) mass is 355 g/mol. The van der Waals surface area contributed by atoms with Gasteiger partial charge in [0.2, 0.25) is 0 Å². The number of carbonyl (C=O) groups excluding carboxylic acids is 3. The molecule has 26 heavy (non-hydrogen) atoms. The van der Waals surface area contributed by atoms with Crippen molar-refractivity contribution in [2.45, 2.75) is 44.8 Å². The van der Waals surface area contributed by atoms with Crippen molar-refractivity contribution < 1.29 is 19.1 Å². The van der Waals surface area contributed by atoms with Gasteiger partial charge in [-0.2, -0.15) is 5.26 Å². The van der Waals surface area contributed by atoms with Gasteiger partial charge in [-0.15, -0.1) is 0 Å². The Morgan fingerprint density at radius 1 is 1.35 bits per heavy atom. The van der Waals surface area contributed by atoms with Gasteiger partial charge in [-0.25, -0.2) is 4.79 Å². The van der Waals surface area contributed by atoms with Gasteiger partial charge in [-0.1, -0.05) is 31.9 Å². The second-order valence-corrected chi connectivity index (χ2v) is 6.91. The van der Waals surface area contributed by atoms with E-state index in [1.165, 1.54) is 0 Å². The molecule has 1 spiro atoms. The van der Waals surface area contributed by atoms with Crippen LogP contribution in [0.1, 0.15) is 43.7 Å². The van der Waals surface area contributed by atoms with Crippen LogP contribution in [0, 0.1) is 17.2 Å². The topological polar surface area (TPSA) is 99.5 Å². The van der Waals surface area contributed by atoms with Crippen LogP contribution in [0.4, 0.5) is 4.79 Å². The molecule has 0 bridgehead atoms. The second-order valence-electron chi connectivity index (χ2n) is 6.91. The summed E-state index contributed by atoms with van der Waals surface area (Å²) in [6.07, 6.45) is 3.41. The highest BCUT2D eigenvalue weighted by Gasteiger charge is 2.55. The minimum absolute atomic E-state index is 0.0235. The SMILES string of the molecule is C[C@@H]1CCCC[C@@]12NC(=O)N(CC(=O)OCc1ccc(C#N)cc1)C2=O. The summed E-state index contributed by atoms with van der Waals surface area (Å²) in [5, 5.41) is 11.6. The zero-order chi connectivity index (χ0) is 18.7. The van der Waals surface area contributed by atoms with Crippen molar-refractivity contribution >= 4 is 17.9 Å². The molecule has 3 rings (SSSR count). The van der Waals surface area contributed by atoms with Gasteiger partial charge in [-0.3, -0.25) is 14.5 Å². The molecule has 1 N–H and O–H groups in total. The average Bonchev–Trinajstić information content (AvgIpc) is 2.88. The van der Waals surface area contributed by atoms with Crippen LogP contribution in [0.3, 0.4) is 0 Å². The average molecular weight is 355 g/mol. The van der Waals surface area contributed by atoms with Gasteiger partial charge in [0.25, 0.3) is 5.91 Å². The second kappa shape index (κ2) is 7.16. The van der Waals surface area contributed by atoms with E-state index in [0.717, 1.165) is 29.7 Å². The van der Waals surface area contributed by atoms with E-state index in [0.29, 0.717) is 12.0 Å². The summed E-state index contributed by atoms with van der Waals surface area (Å²) in [7, 11) is 0. The number of esters is 1. The lowest BCUT2D eigenvalue weighted by atomic mass is 9.73. The zero-order valence-corrected chi connectivity index (χ0v) is 14.7. The Kier molecular flexibility index (Phi) is 4.94. The largest absolute Gasteiger partial charge is 0.459 e. The Morgan fingerprint density at radius 2 is 2.08 bits per heavy atom. The smallest absolute Gasteiger partial charge is 0.326 e. The van der Waals surface area contributed by atoms with E-state index in [1.54, 1.807) is 24.3 Å². The van der Waals surface area contributed by atoms with Gasteiger partial charge in [0, 0.05) is 0 Å². The molecular formula is C19H21N3O4. The van der Waals surface area contributed by atoms with Crippen LogP contribution in [0.5, 0.6) is 0 Å². The first-order valence-electron chi connectivity index (χ1n) is 8.75. The van der Waals surface area contributed by atoms with Crippen molar-refractivity contribution in [3.8, 4) is 6.07 Å². The number of imide groups is 1. The fraction of sp³-hybridized carbons (Fsp3) is 0.474. The quantitative estimate of drug-likeness (QED) is 0.659. The van der Waals surface area contributed by atoms with Gasteiger partial charge >= 0.3 is 12.0 Å². The molecule has 1 saturated carbocycles. The summed E-state index contributed by atoms with van der Waals surface area (Å²) >= 11 is 0. The Hall–Kier alpha value is -2.88. The maximum atomic E-state index is 12.8. The number of amides is 3. The van der Waals surface area contributed by atoms with E-state index in [2.05, 4.69) is 5.32 Å². The number of nitrogens with one attached hydrogen (secondary N) is 1. The highest BCUT2D eigenvalue weighted by atomic mass is 16.5. The van der Waals surface area contributed by atoms with Crippen molar-refractivity contribution in [2.24, 2.45) is 5.92 Å². The molecule has 1 saturated heterocycles. The van der Waals surface area contributed by atoms with Gasteiger partial charge in [0.15, 0.2) is 0 Å². The third-order valence-corrected chi connectivity index (χ3v) is 5.27. The minimum atomic E-state index is -0.872. The van der Waals surface area contributed by atoms with Crippen molar-refractivity contribution in [3.63, 3.8) is 0 Å². The molecule has 0 radical (unpaired) electrons. The van der Waals surface area contributed by atoms with Gasteiger partial charge < -0.3 is 10.1 Å². The Labute approximate surface area is 151 Å². The summed E-state index contributed by atoms with van der Waals surface area (Å²) in [5.41, 5.74) is 0.376. The van der Waals surface area contributed by atoms with E-state index in [-0.39, 0.29) is 18.4 Å². The Morgan fingerprint density at radius 3 is 2.73 bits per heavy atom. The Balaban J connectivity index is 1.59. The molecule has 7 heteroatoms. The van der Waals surface area contributed by atoms with Crippen molar-refractivity contribution in [2.75, 3.05) is 6.54 Å². The standard InChI is InChI=1S/C19H21N3O4/c1-13-4-2-3-9-19(13)17(24)22(18(25)21-19)11-16(23)26-12-15-7-5-14(10-20)6-8-15/h5-8,13H,2-4,9,11-12H2,1H3,(H,21,25)/t13-,19-/m1/s1. The Bertz CT molecular complexity index is 768. The summed E-state index contributed by atoms with van der Waals surface area (Å²) in [6.45, 7) is 1.59. The maximum absolute atomic E-state index is 12.8. The summed E-state index contributed by atoms with van der Waals surface area (Å²) in [6, 6.07) is 8.14. The zero-order valence-electron chi connectivity index (χ0n) is 14.7. The fourth-order valence-corrected chi connectivity index (χ4v) is 3.65. The lowest BCUT2D eigenvalue weighted by Crippen LogP contribution is -2.54. The van der Waals surface area contributed by atoms with E-state index < -0.39 is 24.1 Å². The molecule has 0 aromatic heterocycles. The number of nitriles is 1. The van der Waals surface area contributed by atoms with Gasteiger partial charge in [-0.05, 0) is 36.5 Å². The predicted molar refractivity (Wildman–Crippen MR) is 91.6 cm³/mol. The third kappa shape index (κ3) is 3.27. The van der Waals surface area contributed by atoms with Crippen molar-refractivity contribution in [1.82, 2.24) is 10.2 Å². The van der Waals surface area contributed by atoms with Crippen LogP contribution in [-0.4, -0.2) is 34.9 Å². The molecule has 1 aromatic rings. The van der Waals surface area contributed by atoms with Crippen LogP contribution in [0.25, 0.3) is 0 Å². The van der Waals surface area contributed by atoms with E-state index in [9.17, 15) is 14.4 Å². The van der Waals surface area contributed by atoms with Crippen molar-refractivity contribution in [1.29, 1.82) is 5.26 Å². The fourth-order valence-electron chi connectivity index (χ4n) is 3.65. The minimum Gasteiger partial charge on any atom is -0.459 e. The number of nitrogens with zero attached hydrogens (tertiary/aromatic N) is 2. The number of hydrogen-bond donors (Lipinski definition) is 1. The van der Waals surface area contributed by atoms with E-state index in [4.69, 9.17) is 10.00 Å². The van der Waals surface area contributed by atoms with Gasteiger partial charge in [0.1, 0.15) is 18.7 Å². The third-order valence-electron chi connectivity index (χ3n) is 5.27. The van der Waals surface area contributed by atoms with Gasteiger partial charge in [0.05, 0.1) is 11.6 Å². The van der Waals surface area contributed by atoms with E-state index in [1.807, 2.05) is 13.0 Å². The summed E-state index contributed by atoms with van der Waals surface area (Å²) in [5.74, 6) is -0.921. The molecule has 2 fully saturated rings. The van der Waals surface area contributed by atoms with Crippen LogP contribution >= 0.6 is 0 Å². The highest BCUT2D eigenvalue weighted by Crippen LogP contribution is 2.38. The molecule has 2 aliphatic rings. The molecule has 0 unspecified atom stereocenters. The lowest BCUT2D eigenvalue weighted by Gasteiger charge is -2.36. The highest BCUT2D eigenvalue weighted by molar-refractivity contribution is 6.08. The molecule has 1 aromatic carbocycles. The summed E-state index contributed by atoms with van der Waals surface area (Å²) < 4.78 is 5.17. The first kappa shape index (κ1) is 17.9.